The maximum absolute atomic E-state index is 13.1. The Morgan fingerprint density at radius 1 is 1.24 bits per heavy atom. The summed E-state index contributed by atoms with van der Waals surface area (Å²) in [4.78, 5) is 42.8. The van der Waals surface area contributed by atoms with Crippen LogP contribution >= 0.6 is 11.8 Å². The average molecular weight is 421 g/mol. The number of rotatable bonds is 9. The Kier molecular flexibility index (Phi) is 8.66. The molecule has 1 heterocycles. The Morgan fingerprint density at radius 2 is 1.93 bits per heavy atom. The predicted molar refractivity (Wildman–Crippen MR) is 115 cm³/mol. The van der Waals surface area contributed by atoms with E-state index in [0.717, 1.165) is 26.1 Å². The number of benzene rings is 1. The second kappa shape index (κ2) is 11.0. The number of quaternary nitrogens is 1. The maximum Gasteiger partial charge on any atom is 0.321 e. The van der Waals surface area contributed by atoms with Gasteiger partial charge in [-0.25, -0.2) is 9.78 Å². The quantitative estimate of drug-likeness (QED) is 0.409. The lowest BCUT2D eigenvalue weighted by atomic mass is 10.2. The molecule has 3 N–H and O–H groups in total. The molecule has 2 aromatic rings. The fraction of sp³-hybridized carbons (Fsp3) is 0.500. The number of hydrogen-bond acceptors (Lipinski definition) is 5. The summed E-state index contributed by atoms with van der Waals surface area (Å²) in [6.07, 6.45) is 0.837. The van der Waals surface area contributed by atoms with Crippen molar-refractivity contribution in [2.24, 2.45) is 0 Å². The van der Waals surface area contributed by atoms with Crippen molar-refractivity contribution in [3.8, 4) is 0 Å². The Morgan fingerprint density at radius 3 is 2.59 bits per heavy atom. The molecule has 2 rings (SSSR count). The number of aromatic nitrogens is 2. The molecule has 0 unspecified atom stereocenters. The lowest BCUT2D eigenvalue weighted by molar-refractivity contribution is -0.896. The summed E-state index contributed by atoms with van der Waals surface area (Å²) < 4.78 is 1.65. The summed E-state index contributed by atoms with van der Waals surface area (Å²) in [6.45, 7) is 9.57. The van der Waals surface area contributed by atoms with Crippen molar-refractivity contribution in [2.45, 2.75) is 44.1 Å². The number of hydrogen-bond donors (Lipinski definition) is 3. The van der Waals surface area contributed by atoms with Gasteiger partial charge >= 0.3 is 6.03 Å². The highest BCUT2D eigenvalue weighted by molar-refractivity contribution is 8.00. The first kappa shape index (κ1) is 22.9. The first-order valence-corrected chi connectivity index (χ1v) is 10.8. The van der Waals surface area contributed by atoms with E-state index >= 15 is 0 Å². The molecule has 1 aromatic heterocycles. The third kappa shape index (κ3) is 6.04. The van der Waals surface area contributed by atoms with Gasteiger partial charge in [0.25, 0.3) is 5.56 Å². The SMILES string of the molecule is CC[NH+](CC)CCCn1c(S[C@@H](C)C(=O)NC(=O)NC)nc2ccccc2c1=O. The molecule has 9 heteroatoms. The van der Waals surface area contributed by atoms with E-state index in [0.29, 0.717) is 22.6 Å². The molecule has 3 amide bonds. The van der Waals surface area contributed by atoms with Gasteiger partial charge in [0.05, 0.1) is 35.8 Å². The number of nitrogens with one attached hydrogen (secondary N) is 3. The smallest absolute Gasteiger partial charge is 0.321 e. The van der Waals surface area contributed by atoms with Crippen molar-refractivity contribution in [3.63, 3.8) is 0 Å². The summed E-state index contributed by atoms with van der Waals surface area (Å²) in [6, 6.07) is 6.66. The number of carbonyl (C=O) groups is 2. The lowest BCUT2D eigenvalue weighted by Gasteiger charge is -2.18. The Balaban J connectivity index is 2.29. The summed E-state index contributed by atoms with van der Waals surface area (Å²) in [5.74, 6) is -0.434. The minimum Gasteiger partial charge on any atom is -0.341 e. The summed E-state index contributed by atoms with van der Waals surface area (Å²) >= 11 is 1.18. The van der Waals surface area contributed by atoms with E-state index in [1.165, 1.54) is 23.7 Å². The van der Waals surface area contributed by atoms with Crippen LogP contribution in [0, 0.1) is 0 Å². The molecule has 0 aliphatic carbocycles. The second-order valence-electron chi connectivity index (χ2n) is 6.76. The standard InChI is InChI=1S/C20H29N5O3S/c1-5-24(6-2)12-9-13-25-18(27)15-10-7-8-11-16(15)22-20(25)29-14(3)17(26)23-19(28)21-4/h7-8,10-11,14H,5-6,9,12-13H2,1-4H3,(H2,21,23,26,28)/p+1/t14-/m0/s1. The summed E-state index contributed by atoms with van der Waals surface area (Å²) in [5.41, 5.74) is 0.496. The van der Waals surface area contributed by atoms with Gasteiger partial charge in [0, 0.05) is 20.0 Å². The molecular weight excluding hydrogens is 390 g/mol. The molecule has 1 atom stereocenters. The highest BCUT2D eigenvalue weighted by Crippen LogP contribution is 2.22. The van der Waals surface area contributed by atoms with Gasteiger partial charge in [0.15, 0.2) is 5.16 Å². The molecule has 29 heavy (non-hydrogen) atoms. The Hall–Kier alpha value is -2.39. The third-order valence-corrected chi connectivity index (χ3v) is 5.94. The van der Waals surface area contributed by atoms with Gasteiger partial charge < -0.3 is 10.2 Å². The molecule has 0 bridgehead atoms. The molecule has 0 saturated heterocycles. The van der Waals surface area contributed by atoms with Crippen LogP contribution in [0.25, 0.3) is 10.9 Å². The van der Waals surface area contributed by atoms with Crippen LogP contribution in [0.2, 0.25) is 0 Å². The fourth-order valence-electron chi connectivity index (χ4n) is 3.01. The van der Waals surface area contributed by atoms with Crippen molar-refractivity contribution in [2.75, 3.05) is 26.7 Å². The zero-order valence-electron chi connectivity index (χ0n) is 17.4. The molecule has 0 fully saturated rings. The van der Waals surface area contributed by atoms with Gasteiger partial charge in [0.1, 0.15) is 0 Å². The van der Waals surface area contributed by atoms with Crippen LogP contribution in [-0.2, 0) is 11.3 Å². The Bertz CT molecular complexity index is 911. The van der Waals surface area contributed by atoms with Crippen molar-refractivity contribution < 1.29 is 14.5 Å². The van der Waals surface area contributed by atoms with Crippen molar-refractivity contribution in [1.29, 1.82) is 0 Å². The maximum atomic E-state index is 13.1. The molecule has 0 spiro atoms. The molecule has 0 aliphatic rings. The van der Waals surface area contributed by atoms with E-state index in [-0.39, 0.29) is 5.56 Å². The molecule has 0 radical (unpaired) electrons. The zero-order chi connectivity index (χ0) is 21.4. The van der Waals surface area contributed by atoms with Gasteiger partial charge in [-0.15, -0.1) is 0 Å². The molecule has 1 aromatic carbocycles. The predicted octanol–water partition coefficient (Wildman–Crippen LogP) is 0.648. The van der Waals surface area contributed by atoms with Crippen LogP contribution in [0.5, 0.6) is 0 Å². The molecule has 0 saturated carbocycles. The number of nitrogens with zero attached hydrogens (tertiary/aromatic N) is 2. The molecule has 8 nitrogen and oxygen atoms in total. The van der Waals surface area contributed by atoms with E-state index in [1.807, 2.05) is 12.1 Å². The molecular formula is C20H30N5O3S+. The molecule has 0 aliphatic heterocycles. The lowest BCUT2D eigenvalue weighted by Crippen LogP contribution is -3.11. The average Bonchev–Trinajstić information content (AvgIpc) is 2.72. The van der Waals surface area contributed by atoms with Crippen LogP contribution in [0.3, 0.4) is 0 Å². The number of imide groups is 1. The third-order valence-electron chi connectivity index (χ3n) is 4.85. The zero-order valence-corrected chi connectivity index (χ0v) is 18.3. The first-order valence-electron chi connectivity index (χ1n) is 9.93. The first-order chi connectivity index (χ1) is 13.9. The van der Waals surface area contributed by atoms with E-state index in [1.54, 1.807) is 23.6 Å². The van der Waals surface area contributed by atoms with Crippen LogP contribution < -0.4 is 21.1 Å². The number of urea groups is 1. The number of amides is 3. The minimum absolute atomic E-state index is 0.105. The summed E-state index contributed by atoms with van der Waals surface area (Å²) in [5, 5.41) is 5.09. The van der Waals surface area contributed by atoms with Crippen molar-refractivity contribution in [3.05, 3.63) is 34.6 Å². The van der Waals surface area contributed by atoms with Gasteiger partial charge in [-0.3, -0.25) is 19.5 Å². The van der Waals surface area contributed by atoms with Crippen LogP contribution in [-0.4, -0.2) is 53.4 Å². The highest BCUT2D eigenvalue weighted by atomic mass is 32.2. The van der Waals surface area contributed by atoms with Crippen LogP contribution in [0.4, 0.5) is 4.79 Å². The van der Waals surface area contributed by atoms with E-state index < -0.39 is 17.2 Å². The van der Waals surface area contributed by atoms with E-state index in [9.17, 15) is 14.4 Å². The number of thioether (sulfide) groups is 1. The number of para-hydroxylation sites is 1. The van der Waals surface area contributed by atoms with Gasteiger partial charge in [0.2, 0.25) is 5.91 Å². The fourth-order valence-corrected chi connectivity index (χ4v) is 3.95. The van der Waals surface area contributed by atoms with Gasteiger partial charge in [-0.05, 0) is 32.9 Å². The highest BCUT2D eigenvalue weighted by Gasteiger charge is 2.21. The van der Waals surface area contributed by atoms with Gasteiger partial charge in [-0.1, -0.05) is 23.9 Å². The largest absolute Gasteiger partial charge is 0.341 e. The topological polar surface area (TPSA) is 97.5 Å². The molecule has 158 valence electrons. The van der Waals surface area contributed by atoms with Crippen LogP contribution in [0.1, 0.15) is 27.2 Å². The van der Waals surface area contributed by atoms with Crippen LogP contribution in [0.15, 0.2) is 34.2 Å². The van der Waals surface area contributed by atoms with Crippen molar-refractivity contribution in [1.82, 2.24) is 20.2 Å². The Labute approximate surface area is 175 Å². The van der Waals surface area contributed by atoms with Crippen molar-refractivity contribution >= 4 is 34.6 Å². The van der Waals surface area contributed by atoms with Gasteiger partial charge in [-0.2, -0.15) is 0 Å². The number of fused-ring (bicyclic) bond motifs is 1. The minimum atomic E-state index is -0.583. The van der Waals surface area contributed by atoms with E-state index in [2.05, 4.69) is 29.5 Å². The monoisotopic (exact) mass is 420 g/mol. The normalized spacial score (nSPS) is 12.2. The number of carbonyl (C=O) groups excluding carboxylic acids is 2. The summed E-state index contributed by atoms with van der Waals surface area (Å²) in [7, 11) is 1.45. The van der Waals surface area contributed by atoms with E-state index in [4.69, 9.17) is 0 Å². The second-order valence-corrected chi connectivity index (χ2v) is 8.07.